The predicted molar refractivity (Wildman–Crippen MR) is 71.4 cm³/mol. The summed E-state index contributed by atoms with van der Waals surface area (Å²) in [7, 11) is 0. The fourth-order valence-corrected chi connectivity index (χ4v) is 2.14. The molecule has 3 heterocycles. The molecule has 0 bridgehead atoms. The quantitative estimate of drug-likeness (QED) is 0.798. The molecule has 7 heteroatoms. The van der Waals surface area contributed by atoms with E-state index in [0.717, 1.165) is 29.2 Å². The number of nitrogens with one attached hydrogen (secondary N) is 1. The van der Waals surface area contributed by atoms with Gasteiger partial charge in [-0.15, -0.1) is 0 Å². The number of aromatic nitrogens is 5. The van der Waals surface area contributed by atoms with Crippen LogP contribution in [0.15, 0.2) is 41.9 Å². The molecule has 0 fully saturated rings. The molecule has 0 aliphatic carbocycles. The van der Waals surface area contributed by atoms with E-state index in [1.807, 2.05) is 27.6 Å². The normalized spacial score (nSPS) is 10.9. The van der Waals surface area contributed by atoms with Crippen LogP contribution < -0.4 is 5.32 Å². The van der Waals surface area contributed by atoms with Gasteiger partial charge in [-0.2, -0.15) is 0 Å². The van der Waals surface area contributed by atoms with Crippen LogP contribution in [0.2, 0.25) is 0 Å². The van der Waals surface area contributed by atoms with Crippen molar-refractivity contribution >= 4 is 27.4 Å². The Morgan fingerprint density at radius 2 is 2.22 bits per heavy atom. The highest BCUT2D eigenvalue weighted by Gasteiger charge is 2.05. The average molecular weight is 307 g/mol. The molecule has 0 spiro atoms. The van der Waals surface area contributed by atoms with Crippen LogP contribution in [0.1, 0.15) is 0 Å². The highest BCUT2D eigenvalue weighted by atomic mass is 79.9. The Morgan fingerprint density at radius 1 is 1.28 bits per heavy atom. The first-order chi connectivity index (χ1) is 8.83. The second-order valence-corrected chi connectivity index (χ2v) is 4.61. The lowest BCUT2D eigenvalue weighted by Crippen LogP contribution is -2.11. The molecule has 92 valence electrons. The maximum Gasteiger partial charge on any atom is 0.180 e. The maximum atomic E-state index is 4.39. The van der Waals surface area contributed by atoms with Gasteiger partial charge in [0, 0.05) is 44.1 Å². The molecule has 18 heavy (non-hydrogen) atoms. The molecule has 0 amide bonds. The Hall–Kier alpha value is -1.89. The third-order valence-electron chi connectivity index (χ3n) is 2.57. The zero-order chi connectivity index (χ0) is 12.4. The Morgan fingerprint density at radius 3 is 3.06 bits per heavy atom. The van der Waals surface area contributed by atoms with Gasteiger partial charge in [0.15, 0.2) is 11.5 Å². The monoisotopic (exact) mass is 306 g/mol. The lowest BCUT2D eigenvalue weighted by atomic mass is 10.5. The molecular formula is C11H11BrN6. The SMILES string of the molecule is Brc1cn2ccnc2c(NCCn2ccnc2)n1. The summed E-state index contributed by atoms with van der Waals surface area (Å²) in [5.41, 5.74) is 0.823. The molecule has 3 rings (SSSR count). The minimum atomic E-state index is 0.766. The van der Waals surface area contributed by atoms with Gasteiger partial charge in [-0.25, -0.2) is 15.0 Å². The van der Waals surface area contributed by atoms with Gasteiger partial charge >= 0.3 is 0 Å². The van der Waals surface area contributed by atoms with E-state index in [-0.39, 0.29) is 0 Å². The lowest BCUT2D eigenvalue weighted by molar-refractivity contribution is 0.725. The smallest absolute Gasteiger partial charge is 0.180 e. The highest BCUT2D eigenvalue weighted by Crippen LogP contribution is 2.16. The Labute approximate surface area is 112 Å². The van der Waals surface area contributed by atoms with E-state index in [9.17, 15) is 0 Å². The molecule has 0 aliphatic heterocycles. The van der Waals surface area contributed by atoms with Crippen molar-refractivity contribution in [3.8, 4) is 0 Å². The first kappa shape index (κ1) is 11.2. The second kappa shape index (κ2) is 4.77. The molecule has 0 aromatic carbocycles. The van der Waals surface area contributed by atoms with Gasteiger partial charge < -0.3 is 14.3 Å². The predicted octanol–water partition coefficient (Wildman–Crippen LogP) is 1.80. The number of fused-ring (bicyclic) bond motifs is 1. The summed E-state index contributed by atoms with van der Waals surface area (Å²) in [6.45, 7) is 1.60. The summed E-state index contributed by atoms with van der Waals surface area (Å²) in [6, 6.07) is 0. The van der Waals surface area contributed by atoms with Crippen LogP contribution >= 0.6 is 15.9 Å². The topological polar surface area (TPSA) is 60.0 Å². The zero-order valence-electron chi connectivity index (χ0n) is 9.49. The second-order valence-electron chi connectivity index (χ2n) is 3.80. The summed E-state index contributed by atoms with van der Waals surface area (Å²) >= 11 is 3.38. The van der Waals surface area contributed by atoms with E-state index in [4.69, 9.17) is 0 Å². The molecule has 0 aliphatic rings. The lowest BCUT2D eigenvalue weighted by Gasteiger charge is -2.07. The molecule has 0 unspecified atom stereocenters. The van der Waals surface area contributed by atoms with Gasteiger partial charge in [-0.3, -0.25) is 0 Å². The molecule has 6 nitrogen and oxygen atoms in total. The van der Waals surface area contributed by atoms with Crippen LogP contribution in [0.4, 0.5) is 5.82 Å². The standard InChI is InChI=1S/C11H11BrN6/c12-9-7-18-6-3-15-11(18)10(16-9)14-2-5-17-4-1-13-8-17/h1,3-4,6-8H,2,5H2,(H,14,16). The van der Waals surface area contributed by atoms with Crippen molar-refractivity contribution in [2.75, 3.05) is 11.9 Å². The number of rotatable bonds is 4. The number of anilines is 1. The molecule has 1 N–H and O–H groups in total. The van der Waals surface area contributed by atoms with Crippen molar-refractivity contribution in [3.05, 3.63) is 41.9 Å². The Balaban J connectivity index is 1.75. The summed E-state index contributed by atoms with van der Waals surface area (Å²) in [6.07, 6.45) is 11.0. The van der Waals surface area contributed by atoms with E-state index in [1.54, 1.807) is 18.7 Å². The molecule has 0 saturated heterocycles. The Kier molecular flexibility index (Phi) is 2.97. The molecule has 3 aromatic heterocycles. The van der Waals surface area contributed by atoms with E-state index in [2.05, 4.69) is 36.2 Å². The summed E-state index contributed by atoms with van der Waals surface area (Å²) in [5.74, 6) is 0.773. The maximum absolute atomic E-state index is 4.39. The van der Waals surface area contributed by atoms with E-state index < -0.39 is 0 Å². The van der Waals surface area contributed by atoms with Crippen LogP contribution in [0.5, 0.6) is 0 Å². The third-order valence-corrected chi connectivity index (χ3v) is 2.95. The van der Waals surface area contributed by atoms with E-state index in [0.29, 0.717) is 0 Å². The first-order valence-corrected chi connectivity index (χ1v) is 6.31. The fraction of sp³-hybridized carbons (Fsp3) is 0.182. The summed E-state index contributed by atoms with van der Waals surface area (Å²) in [5, 5.41) is 3.28. The first-order valence-electron chi connectivity index (χ1n) is 5.52. The molecule has 0 radical (unpaired) electrons. The van der Waals surface area contributed by atoms with Gasteiger partial charge in [0.05, 0.1) is 6.33 Å². The summed E-state index contributed by atoms with van der Waals surface area (Å²) < 4.78 is 4.71. The van der Waals surface area contributed by atoms with Gasteiger partial charge in [0.25, 0.3) is 0 Å². The van der Waals surface area contributed by atoms with Crippen LogP contribution in [0.25, 0.3) is 5.65 Å². The van der Waals surface area contributed by atoms with E-state index >= 15 is 0 Å². The van der Waals surface area contributed by atoms with Crippen molar-refractivity contribution in [1.29, 1.82) is 0 Å². The number of hydrogen-bond acceptors (Lipinski definition) is 4. The number of hydrogen-bond donors (Lipinski definition) is 1. The summed E-state index contributed by atoms with van der Waals surface area (Å²) in [4.78, 5) is 12.7. The van der Waals surface area contributed by atoms with Crippen LogP contribution in [0, 0.1) is 0 Å². The average Bonchev–Trinajstić information content (AvgIpc) is 2.98. The van der Waals surface area contributed by atoms with Crippen molar-refractivity contribution in [1.82, 2.24) is 23.9 Å². The minimum Gasteiger partial charge on any atom is -0.365 e. The van der Waals surface area contributed by atoms with Crippen LogP contribution in [-0.2, 0) is 6.54 Å². The van der Waals surface area contributed by atoms with E-state index in [1.165, 1.54) is 0 Å². The van der Waals surface area contributed by atoms with Gasteiger partial charge in [-0.05, 0) is 15.9 Å². The third kappa shape index (κ3) is 2.21. The Bertz CT molecular complexity index is 645. The number of imidazole rings is 2. The van der Waals surface area contributed by atoms with Crippen molar-refractivity contribution in [2.45, 2.75) is 6.54 Å². The molecule has 0 atom stereocenters. The number of halogens is 1. The van der Waals surface area contributed by atoms with Gasteiger partial charge in [-0.1, -0.05) is 0 Å². The fourth-order valence-electron chi connectivity index (χ4n) is 1.74. The molecule has 3 aromatic rings. The molecular weight excluding hydrogens is 296 g/mol. The van der Waals surface area contributed by atoms with Crippen molar-refractivity contribution in [3.63, 3.8) is 0 Å². The van der Waals surface area contributed by atoms with Gasteiger partial charge in [0.1, 0.15) is 4.60 Å². The van der Waals surface area contributed by atoms with Crippen LogP contribution in [0.3, 0.4) is 0 Å². The van der Waals surface area contributed by atoms with Gasteiger partial charge in [0.2, 0.25) is 0 Å². The van der Waals surface area contributed by atoms with Crippen molar-refractivity contribution < 1.29 is 0 Å². The molecule has 0 saturated carbocycles. The zero-order valence-corrected chi connectivity index (χ0v) is 11.1. The van der Waals surface area contributed by atoms with Crippen LogP contribution in [-0.4, -0.2) is 30.5 Å². The van der Waals surface area contributed by atoms with Crippen molar-refractivity contribution in [2.24, 2.45) is 0 Å². The minimum absolute atomic E-state index is 0.766. The highest BCUT2D eigenvalue weighted by molar-refractivity contribution is 9.10. The number of nitrogens with zero attached hydrogens (tertiary/aromatic N) is 5. The largest absolute Gasteiger partial charge is 0.365 e.